The number of fused-ring (bicyclic) bond motifs is 1. The van der Waals surface area contributed by atoms with Crippen LogP contribution in [0.2, 0.25) is 0 Å². The minimum absolute atomic E-state index is 0.0148. The Bertz CT molecular complexity index is 1430. The molecular weight excluding hydrogens is 487 g/mol. The zero-order valence-electron chi connectivity index (χ0n) is 21.4. The Kier molecular flexibility index (Phi) is 7.31. The topological polar surface area (TPSA) is 76.1 Å². The molecule has 0 bridgehead atoms. The van der Waals surface area contributed by atoms with Gasteiger partial charge >= 0.3 is 0 Å². The minimum atomic E-state index is -0.400. The average Bonchev–Trinajstić information content (AvgIpc) is 3.62. The van der Waals surface area contributed by atoms with E-state index >= 15 is 0 Å². The molecule has 1 aliphatic heterocycles. The Morgan fingerprint density at radius 2 is 1.95 bits per heavy atom. The summed E-state index contributed by atoms with van der Waals surface area (Å²) in [7, 11) is 1.68. The molecule has 1 atom stereocenters. The van der Waals surface area contributed by atoms with E-state index in [1.54, 1.807) is 43.6 Å². The number of ether oxygens (including phenoxy) is 1. The number of furan rings is 2. The van der Waals surface area contributed by atoms with Crippen molar-refractivity contribution in [3.05, 3.63) is 113 Å². The second kappa shape index (κ2) is 11.0. The van der Waals surface area contributed by atoms with E-state index in [2.05, 4.69) is 0 Å². The van der Waals surface area contributed by atoms with Crippen LogP contribution in [0.1, 0.15) is 58.2 Å². The fourth-order valence-corrected chi connectivity index (χ4v) is 4.81. The predicted molar refractivity (Wildman–Crippen MR) is 138 cm³/mol. The van der Waals surface area contributed by atoms with E-state index in [1.165, 1.54) is 17.0 Å². The first-order valence-corrected chi connectivity index (χ1v) is 12.6. The van der Waals surface area contributed by atoms with Gasteiger partial charge in [-0.3, -0.25) is 9.59 Å². The molecule has 7 nitrogen and oxygen atoms in total. The first kappa shape index (κ1) is 25.3. The van der Waals surface area contributed by atoms with Gasteiger partial charge in [0.1, 0.15) is 29.7 Å². The zero-order valence-corrected chi connectivity index (χ0v) is 21.4. The molecule has 4 aromatic rings. The smallest absolute Gasteiger partial charge is 0.289 e. The predicted octanol–water partition coefficient (Wildman–Crippen LogP) is 5.75. The average molecular weight is 517 g/mol. The van der Waals surface area contributed by atoms with Crippen LogP contribution >= 0.6 is 0 Å². The van der Waals surface area contributed by atoms with E-state index in [1.807, 2.05) is 36.1 Å². The van der Waals surface area contributed by atoms with E-state index < -0.39 is 6.04 Å². The van der Waals surface area contributed by atoms with Crippen molar-refractivity contribution in [2.24, 2.45) is 0 Å². The number of carbonyl (C=O) groups excluding carboxylic acids is 2. The summed E-state index contributed by atoms with van der Waals surface area (Å²) >= 11 is 0. The molecule has 1 unspecified atom stereocenters. The lowest BCUT2D eigenvalue weighted by Gasteiger charge is -2.38. The monoisotopic (exact) mass is 516 g/mol. The number of carbonyl (C=O) groups is 2. The summed E-state index contributed by atoms with van der Waals surface area (Å²) in [4.78, 5) is 28.8. The maximum atomic E-state index is 14.1. The van der Waals surface area contributed by atoms with Crippen LogP contribution in [0, 0.1) is 5.82 Å². The highest BCUT2D eigenvalue weighted by molar-refractivity contribution is 5.91. The van der Waals surface area contributed by atoms with Gasteiger partial charge in [-0.15, -0.1) is 0 Å². The third-order valence-electron chi connectivity index (χ3n) is 6.71. The lowest BCUT2D eigenvalue weighted by atomic mass is 9.87. The molecule has 0 saturated carbocycles. The fourth-order valence-electron chi connectivity index (χ4n) is 4.81. The molecule has 5 rings (SSSR count). The van der Waals surface area contributed by atoms with Crippen molar-refractivity contribution in [2.45, 2.75) is 39.0 Å². The standard InChI is InChI=1S/C30H29FN2O5/c1-3-28(34)33-14-13-20-9-10-23(17-26(20)29(33)21-6-4-7-22(31)16-21)37-19-25-11-12-27(38-25)30(35)32(2)18-24-8-5-15-36-24/h4-12,15-17,29H,3,13-14,18-19H2,1-2H3. The second-order valence-corrected chi connectivity index (χ2v) is 9.30. The Balaban J connectivity index is 1.32. The Hall–Kier alpha value is -4.33. The van der Waals surface area contributed by atoms with Gasteiger partial charge in [-0.05, 0) is 71.6 Å². The van der Waals surface area contributed by atoms with Crippen LogP contribution in [-0.2, 0) is 24.4 Å². The molecule has 0 aliphatic carbocycles. The maximum absolute atomic E-state index is 14.1. The third kappa shape index (κ3) is 5.34. The number of nitrogens with zero attached hydrogens (tertiary/aromatic N) is 2. The van der Waals surface area contributed by atoms with Crippen molar-refractivity contribution in [1.82, 2.24) is 9.80 Å². The molecule has 2 aromatic heterocycles. The van der Waals surface area contributed by atoms with Crippen molar-refractivity contribution in [3.8, 4) is 5.75 Å². The Labute approximate surface area is 220 Å². The molecule has 196 valence electrons. The van der Waals surface area contributed by atoms with Gasteiger partial charge < -0.3 is 23.4 Å². The van der Waals surface area contributed by atoms with Gasteiger partial charge in [0.15, 0.2) is 5.76 Å². The molecular formula is C30H29FN2O5. The van der Waals surface area contributed by atoms with E-state index in [9.17, 15) is 14.0 Å². The van der Waals surface area contributed by atoms with Gasteiger partial charge in [-0.2, -0.15) is 0 Å². The van der Waals surface area contributed by atoms with Crippen molar-refractivity contribution >= 4 is 11.8 Å². The van der Waals surface area contributed by atoms with Gasteiger partial charge in [0.25, 0.3) is 5.91 Å². The largest absolute Gasteiger partial charge is 0.486 e. The summed E-state index contributed by atoms with van der Waals surface area (Å²) in [5, 5.41) is 0. The molecule has 8 heteroatoms. The SMILES string of the molecule is CCC(=O)N1CCc2ccc(OCc3ccc(C(=O)N(C)Cc4ccco4)o3)cc2C1c1cccc(F)c1. The van der Waals surface area contributed by atoms with Crippen LogP contribution in [0.5, 0.6) is 5.75 Å². The Morgan fingerprint density at radius 3 is 2.71 bits per heavy atom. The van der Waals surface area contributed by atoms with E-state index in [4.69, 9.17) is 13.6 Å². The quantitative estimate of drug-likeness (QED) is 0.298. The fraction of sp³-hybridized carbons (Fsp3) is 0.267. The molecule has 0 spiro atoms. The number of amides is 2. The first-order chi connectivity index (χ1) is 18.4. The summed E-state index contributed by atoms with van der Waals surface area (Å²) in [5.41, 5.74) is 2.73. The van der Waals surface area contributed by atoms with Gasteiger partial charge in [-0.25, -0.2) is 4.39 Å². The number of hydrogen-bond acceptors (Lipinski definition) is 5. The molecule has 0 radical (unpaired) electrons. The molecule has 2 aromatic carbocycles. The summed E-state index contributed by atoms with van der Waals surface area (Å²) in [6.45, 7) is 2.85. The van der Waals surface area contributed by atoms with E-state index in [0.717, 1.165) is 16.7 Å². The van der Waals surface area contributed by atoms with Crippen molar-refractivity contribution in [1.29, 1.82) is 0 Å². The van der Waals surface area contributed by atoms with Crippen LogP contribution in [0.3, 0.4) is 0 Å². The van der Waals surface area contributed by atoms with Gasteiger partial charge in [0, 0.05) is 20.0 Å². The lowest BCUT2D eigenvalue weighted by molar-refractivity contribution is -0.132. The number of hydrogen-bond donors (Lipinski definition) is 0. The molecule has 3 heterocycles. The van der Waals surface area contributed by atoms with Gasteiger partial charge in [0.2, 0.25) is 5.91 Å². The summed E-state index contributed by atoms with van der Waals surface area (Å²) in [6.07, 6.45) is 2.65. The van der Waals surface area contributed by atoms with Crippen molar-refractivity contribution in [2.75, 3.05) is 13.6 Å². The van der Waals surface area contributed by atoms with Crippen molar-refractivity contribution < 1.29 is 27.6 Å². The highest BCUT2D eigenvalue weighted by Crippen LogP contribution is 2.38. The zero-order chi connectivity index (χ0) is 26.6. The Morgan fingerprint density at radius 1 is 1.08 bits per heavy atom. The van der Waals surface area contributed by atoms with Gasteiger partial charge in [0.05, 0.1) is 18.8 Å². The van der Waals surface area contributed by atoms with E-state index in [-0.39, 0.29) is 30.0 Å². The first-order valence-electron chi connectivity index (χ1n) is 12.6. The van der Waals surface area contributed by atoms with Crippen LogP contribution in [0.25, 0.3) is 0 Å². The highest BCUT2D eigenvalue weighted by Gasteiger charge is 2.32. The van der Waals surface area contributed by atoms with E-state index in [0.29, 0.717) is 43.2 Å². The highest BCUT2D eigenvalue weighted by atomic mass is 19.1. The van der Waals surface area contributed by atoms with Crippen LogP contribution in [0.15, 0.2) is 81.8 Å². The summed E-state index contributed by atoms with van der Waals surface area (Å²) < 4.78 is 31.2. The molecule has 38 heavy (non-hydrogen) atoms. The van der Waals surface area contributed by atoms with Crippen LogP contribution < -0.4 is 4.74 Å². The normalized spacial score (nSPS) is 14.7. The maximum Gasteiger partial charge on any atom is 0.289 e. The summed E-state index contributed by atoms with van der Waals surface area (Å²) in [5.74, 6) is 1.39. The third-order valence-corrected chi connectivity index (χ3v) is 6.71. The molecule has 2 amide bonds. The molecule has 1 aliphatic rings. The van der Waals surface area contributed by atoms with Crippen molar-refractivity contribution in [3.63, 3.8) is 0 Å². The number of benzene rings is 2. The van der Waals surface area contributed by atoms with Crippen LogP contribution in [0.4, 0.5) is 4.39 Å². The molecule has 0 fully saturated rings. The summed E-state index contributed by atoms with van der Waals surface area (Å²) in [6, 6.07) is 18.7. The van der Waals surface area contributed by atoms with Crippen LogP contribution in [-0.4, -0.2) is 35.2 Å². The lowest BCUT2D eigenvalue weighted by Crippen LogP contribution is -2.40. The number of rotatable bonds is 8. The minimum Gasteiger partial charge on any atom is -0.486 e. The number of halogens is 1. The molecule has 0 saturated heterocycles. The van der Waals surface area contributed by atoms with Gasteiger partial charge in [-0.1, -0.05) is 25.1 Å². The molecule has 0 N–H and O–H groups in total. The second-order valence-electron chi connectivity index (χ2n) is 9.30.